The van der Waals surface area contributed by atoms with Crippen LogP contribution in [0.5, 0.6) is 0 Å². The molecule has 0 aromatic carbocycles. The van der Waals surface area contributed by atoms with Crippen LogP contribution in [0.2, 0.25) is 0 Å². The van der Waals surface area contributed by atoms with Crippen molar-refractivity contribution in [3.63, 3.8) is 0 Å². The molecular formula is C27H33F2N5O2S. The molecule has 1 unspecified atom stereocenters. The van der Waals surface area contributed by atoms with Crippen LogP contribution in [0.4, 0.5) is 8.78 Å². The Labute approximate surface area is 219 Å². The second-order valence-electron chi connectivity index (χ2n) is 10.4. The van der Waals surface area contributed by atoms with Crippen LogP contribution in [0.15, 0.2) is 34.3 Å². The molecule has 7 nitrogen and oxygen atoms in total. The maximum Gasteiger partial charge on any atom is 0.265 e. The predicted molar refractivity (Wildman–Crippen MR) is 142 cm³/mol. The van der Waals surface area contributed by atoms with Crippen molar-refractivity contribution < 1.29 is 18.4 Å². The van der Waals surface area contributed by atoms with Crippen molar-refractivity contribution in [3.05, 3.63) is 40.6 Å². The number of fused-ring (bicyclic) bond motifs is 1. The average Bonchev–Trinajstić information content (AvgIpc) is 3.65. The second-order valence-corrected chi connectivity index (χ2v) is 11.3. The van der Waals surface area contributed by atoms with Gasteiger partial charge in [-0.25, -0.2) is 18.8 Å². The molecule has 1 saturated carbocycles. The normalized spacial score (nSPS) is 25.1. The molecule has 2 fully saturated rings. The number of piperidine rings is 1. The predicted octanol–water partition coefficient (Wildman–Crippen LogP) is 4.62. The highest BCUT2D eigenvalue weighted by molar-refractivity contribution is 8.02. The van der Waals surface area contributed by atoms with Crippen LogP contribution in [0, 0.1) is 18.8 Å². The summed E-state index contributed by atoms with van der Waals surface area (Å²) in [6, 6.07) is 3.31. The van der Waals surface area contributed by atoms with Gasteiger partial charge in [0, 0.05) is 52.4 Å². The Hall–Kier alpha value is -2.59. The third-order valence-electron chi connectivity index (χ3n) is 7.95. The number of likely N-dealkylation sites (tertiary alicyclic amines) is 1. The molecule has 1 saturated heterocycles. The molecule has 1 aliphatic carbocycles. The molecule has 2 aliphatic heterocycles. The van der Waals surface area contributed by atoms with E-state index in [0.29, 0.717) is 47.0 Å². The van der Waals surface area contributed by atoms with Crippen LogP contribution < -0.4 is 5.32 Å². The van der Waals surface area contributed by atoms with Crippen molar-refractivity contribution in [1.29, 1.82) is 0 Å². The van der Waals surface area contributed by atoms with Gasteiger partial charge in [0.2, 0.25) is 0 Å². The van der Waals surface area contributed by atoms with Crippen LogP contribution >= 0.6 is 11.8 Å². The van der Waals surface area contributed by atoms with Crippen LogP contribution in [0.3, 0.4) is 0 Å². The number of hydrogen-bond acceptors (Lipinski definition) is 5. The fourth-order valence-electron chi connectivity index (χ4n) is 5.94. The Morgan fingerprint density at radius 1 is 1.30 bits per heavy atom. The van der Waals surface area contributed by atoms with Crippen molar-refractivity contribution in [2.24, 2.45) is 16.8 Å². The summed E-state index contributed by atoms with van der Waals surface area (Å²) in [6.07, 6.45) is 7.78. The van der Waals surface area contributed by atoms with Crippen LogP contribution in [0.25, 0.3) is 11.0 Å². The quantitative estimate of drug-likeness (QED) is 0.566. The van der Waals surface area contributed by atoms with E-state index < -0.39 is 23.8 Å². The van der Waals surface area contributed by atoms with Crippen LogP contribution in [-0.4, -0.2) is 69.8 Å². The summed E-state index contributed by atoms with van der Waals surface area (Å²) in [5.41, 5.74) is 2.18. The lowest BCUT2D eigenvalue weighted by atomic mass is 9.86. The molecule has 1 N–H and O–H groups in total. The molecule has 4 heterocycles. The van der Waals surface area contributed by atoms with Crippen LogP contribution in [0.1, 0.15) is 55.2 Å². The molecule has 3 aliphatic rings. The molecule has 2 aromatic heterocycles. The van der Waals surface area contributed by atoms with Gasteiger partial charge in [0.1, 0.15) is 5.65 Å². The molecule has 10 heteroatoms. The molecule has 2 amide bonds. The number of halogens is 2. The SMILES string of the molecule is CSC1=CC(C)=NC(=O)C1CNC(=O)c1c(C)n([C@H](C)[C@H]2CCN(C3CC3)CC2(F)F)c2ncccc12. The number of alkyl halides is 2. The number of hydrogen-bond donors (Lipinski definition) is 1. The van der Waals surface area contributed by atoms with E-state index in [2.05, 4.69) is 15.3 Å². The summed E-state index contributed by atoms with van der Waals surface area (Å²) in [7, 11) is 0. The Balaban J connectivity index is 1.41. The average molecular weight is 530 g/mol. The minimum atomic E-state index is -2.83. The lowest BCUT2D eigenvalue weighted by molar-refractivity contribution is -0.126. The molecule has 2 aromatic rings. The Morgan fingerprint density at radius 2 is 2.05 bits per heavy atom. The first kappa shape index (κ1) is 26.0. The minimum Gasteiger partial charge on any atom is -0.351 e. The number of amides is 2. The summed E-state index contributed by atoms with van der Waals surface area (Å²) in [4.78, 5) is 37.3. The van der Waals surface area contributed by atoms with Crippen molar-refractivity contribution >= 4 is 40.3 Å². The van der Waals surface area contributed by atoms with Gasteiger partial charge in [-0.3, -0.25) is 14.5 Å². The molecule has 198 valence electrons. The summed E-state index contributed by atoms with van der Waals surface area (Å²) in [5, 5.41) is 3.52. The fourth-order valence-corrected chi connectivity index (χ4v) is 6.69. The van der Waals surface area contributed by atoms with Gasteiger partial charge in [-0.05, 0) is 71.0 Å². The van der Waals surface area contributed by atoms with Gasteiger partial charge in [-0.15, -0.1) is 11.8 Å². The van der Waals surface area contributed by atoms with E-state index in [1.807, 2.05) is 28.7 Å². The zero-order valence-corrected chi connectivity index (χ0v) is 22.4. The highest BCUT2D eigenvalue weighted by Gasteiger charge is 2.50. The molecule has 3 atom stereocenters. The van der Waals surface area contributed by atoms with E-state index in [1.54, 1.807) is 32.2 Å². The number of rotatable bonds is 7. The molecular weight excluding hydrogens is 496 g/mol. The first-order valence-corrected chi connectivity index (χ1v) is 14.0. The summed E-state index contributed by atoms with van der Waals surface area (Å²) >= 11 is 1.46. The number of allylic oxidation sites excluding steroid dienone is 1. The Bertz CT molecular complexity index is 1300. The van der Waals surface area contributed by atoms with Gasteiger partial charge in [-0.1, -0.05) is 0 Å². The van der Waals surface area contributed by atoms with E-state index in [-0.39, 0.29) is 24.9 Å². The highest BCUT2D eigenvalue weighted by atomic mass is 32.2. The third-order valence-corrected chi connectivity index (χ3v) is 8.83. The standard InChI is InChI=1S/C27H33F2N5O2S/c1-15-12-22(37-4)20(25(35)32-15)13-31-26(36)23-17(3)34(24-19(23)6-5-10-30-24)16(2)21-9-11-33(18-7-8-18)14-27(21,28)29/h5-6,10,12,16,18,20-21H,7-9,11,13-14H2,1-4H3,(H,31,36)/t16-,20?,21-/m1/s1. The lowest BCUT2D eigenvalue weighted by Gasteiger charge is -2.41. The van der Waals surface area contributed by atoms with Crippen molar-refractivity contribution in [2.75, 3.05) is 25.9 Å². The zero-order chi connectivity index (χ0) is 26.5. The third kappa shape index (κ3) is 4.85. The minimum absolute atomic E-state index is 0.112. The number of aromatic nitrogens is 2. The van der Waals surface area contributed by atoms with Gasteiger partial charge in [0.25, 0.3) is 17.7 Å². The number of thioether (sulfide) groups is 1. The van der Waals surface area contributed by atoms with E-state index in [4.69, 9.17) is 0 Å². The van der Waals surface area contributed by atoms with Crippen LogP contribution in [-0.2, 0) is 4.79 Å². The molecule has 5 rings (SSSR count). The summed E-state index contributed by atoms with van der Waals surface area (Å²) < 4.78 is 32.6. The number of carbonyl (C=O) groups excluding carboxylic acids is 2. The van der Waals surface area contributed by atoms with E-state index in [9.17, 15) is 9.59 Å². The van der Waals surface area contributed by atoms with Gasteiger partial charge >= 0.3 is 0 Å². The van der Waals surface area contributed by atoms with Crippen molar-refractivity contribution in [3.8, 4) is 0 Å². The topological polar surface area (TPSA) is 79.6 Å². The number of dihydropyridines is 1. The monoisotopic (exact) mass is 529 g/mol. The molecule has 0 bridgehead atoms. The van der Waals surface area contributed by atoms with Gasteiger partial charge in [-0.2, -0.15) is 0 Å². The highest BCUT2D eigenvalue weighted by Crippen LogP contribution is 2.44. The maximum atomic E-state index is 15.4. The second kappa shape index (κ2) is 9.94. The van der Waals surface area contributed by atoms with Gasteiger partial charge in [0.15, 0.2) is 0 Å². The number of aliphatic imine (C=N–C) groups is 1. The fraction of sp³-hybridized carbons (Fsp3) is 0.556. The molecule has 37 heavy (non-hydrogen) atoms. The van der Waals surface area contributed by atoms with E-state index in [0.717, 1.165) is 17.7 Å². The van der Waals surface area contributed by atoms with Gasteiger partial charge < -0.3 is 9.88 Å². The first-order chi connectivity index (χ1) is 17.6. The Kier molecular flexibility index (Phi) is 7.00. The lowest BCUT2D eigenvalue weighted by Crippen LogP contribution is -2.51. The summed E-state index contributed by atoms with van der Waals surface area (Å²) in [5.74, 6) is -4.86. The Morgan fingerprint density at radius 3 is 2.73 bits per heavy atom. The maximum absolute atomic E-state index is 15.4. The number of nitrogens with zero attached hydrogens (tertiary/aromatic N) is 4. The first-order valence-electron chi connectivity index (χ1n) is 12.8. The van der Waals surface area contributed by atoms with Crippen molar-refractivity contribution in [1.82, 2.24) is 19.8 Å². The van der Waals surface area contributed by atoms with E-state index in [1.165, 1.54) is 11.8 Å². The number of nitrogens with one attached hydrogen (secondary N) is 1. The largest absolute Gasteiger partial charge is 0.351 e. The summed E-state index contributed by atoms with van der Waals surface area (Å²) in [6.45, 7) is 5.93. The van der Waals surface area contributed by atoms with E-state index >= 15 is 8.78 Å². The van der Waals surface area contributed by atoms with Crippen molar-refractivity contribution in [2.45, 2.75) is 58.0 Å². The zero-order valence-electron chi connectivity index (χ0n) is 21.6. The number of carbonyl (C=O) groups is 2. The molecule has 0 spiro atoms. The smallest absolute Gasteiger partial charge is 0.265 e. The molecule has 0 radical (unpaired) electrons. The van der Waals surface area contributed by atoms with Gasteiger partial charge in [0.05, 0.1) is 18.0 Å². The number of pyridine rings is 1.